The van der Waals surface area contributed by atoms with Gasteiger partial charge in [-0.25, -0.2) is 9.18 Å². The Balaban J connectivity index is 1.53. The lowest BCUT2D eigenvalue weighted by molar-refractivity contribution is 0.0498. The number of phenols is 2. The molecule has 0 aliphatic carbocycles. The molecular formula is C26H26FN3O5S. The fourth-order valence-corrected chi connectivity index (χ4v) is 3.85. The molecule has 0 fully saturated rings. The Labute approximate surface area is 212 Å². The first-order valence-electron chi connectivity index (χ1n) is 10.9. The average molecular weight is 512 g/mol. The van der Waals surface area contributed by atoms with Crippen molar-refractivity contribution in [1.29, 1.82) is 5.41 Å². The summed E-state index contributed by atoms with van der Waals surface area (Å²) in [7, 11) is 0. The number of esters is 1. The van der Waals surface area contributed by atoms with Gasteiger partial charge in [-0.15, -0.1) is 0 Å². The molecule has 36 heavy (non-hydrogen) atoms. The van der Waals surface area contributed by atoms with Gasteiger partial charge in [-0.05, 0) is 73.3 Å². The lowest BCUT2D eigenvalue weighted by Gasteiger charge is -2.11. The Morgan fingerprint density at radius 3 is 2.67 bits per heavy atom. The van der Waals surface area contributed by atoms with E-state index in [0.717, 1.165) is 4.90 Å². The molecule has 0 aliphatic rings. The van der Waals surface area contributed by atoms with E-state index in [9.17, 15) is 19.4 Å². The van der Waals surface area contributed by atoms with Crippen LogP contribution < -0.4 is 10.0 Å². The van der Waals surface area contributed by atoms with Crippen LogP contribution >= 0.6 is 11.9 Å². The summed E-state index contributed by atoms with van der Waals surface area (Å²) in [6, 6.07) is 15.4. The zero-order chi connectivity index (χ0) is 26.1. The van der Waals surface area contributed by atoms with Crippen molar-refractivity contribution in [2.45, 2.75) is 18.2 Å². The molecule has 0 saturated heterocycles. The lowest BCUT2D eigenvalue weighted by Crippen LogP contribution is -2.23. The predicted octanol–water partition coefficient (Wildman–Crippen LogP) is 5.60. The van der Waals surface area contributed by atoms with Crippen LogP contribution in [0.25, 0.3) is 11.1 Å². The molecule has 0 amide bonds. The van der Waals surface area contributed by atoms with E-state index in [2.05, 4.69) is 10.0 Å². The number of carbonyl (C=O) groups is 1. The van der Waals surface area contributed by atoms with Gasteiger partial charge in [0.2, 0.25) is 0 Å². The molecular weight excluding hydrogens is 485 g/mol. The summed E-state index contributed by atoms with van der Waals surface area (Å²) in [6.07, 6.45) is 1.71. The Morgan fingerprint density at radius 1 is 1.11 bits per heavy atom. The van der Waals surface area contributed by atoms with Gasteiger partial charge in [0.05, 0.1) is 12.4 Å². The maximum Gasteiger partial charge on any atom is 0.341 e. The third-order valence-corrected chi connectivity index (χ3v) is 5.66. The molecule has 0 bridgehead atoms. The first-order valence-corrected chi connectivity index (χ1v) is 11.8. The van der Waals surface area contributed by atoms with Crippen LogP contribution in [0.15, 0.2) is 77.4 Å². The molecule has 0 spiro atoms. The highest BCUT2D eigenvalue weighted by Gasteiger charge is 2.13. The molecule has 0 radical (unpaired) electrons. The molecule has 6 N–H and O–H groups in total. The van der Waals surface area contributed by atoms with E-state index in [1.807, 2.05) is 6.07 Å². The highest BCUT2D eigenvalue weighted by atomic mass is 32.2. The molecule has 3 aromatic carbocycles. The van der Waals surface area contributed by atoms with Crippen LogP contribution in [-0.2, 0) is 4.74 Å². The van der Waals surface area contributed by atoms with Crippen LogP contribution in [0.3, 0.4) is 0 Å². The van der Waals surface area contributed by atoms with Gasteiger partial charge in [-0.3, -0.25) is 5.41 Å². The summed E-state index contributed by atoms with van der Waals surface area (Å²) < 4.78 is 21.8. The number of carbonyl (C=O) groups excluding carboxylic acids is 1. The number of aliphatic hydroxyl groups excluding tert-OH is 1. The molecule has 0 atom stereocenters. The average Bonchev–Trinajstić information content (AvgIpc) is 2.83. The second kappa shape index (κ2) is 12.5. The zero-order valence-electron chi connectivity index (χ0n) is 19.4. The van der Waals surface area contributed by atoms with Crippen LogP contribution in [0.4, 0.5) is 10.1 Å². The van der Waals surface area contributed by atoms with Crippen LogP contribution in [0, 0.1) is 11.2 Å². The highest BCUT2D eigenvalue weighted by Crippen LogP contribution is 2.33. The van der Waals surface area contributed by atoms with Crippen molar-refractivity contribution in [2.24, 2.45) is 0 Å². The highest BCUT2D eigenvalue weighted by molar-refractivity contribution is 8.00. The molecule has 0 aromatic heterocycles. The number of anilines is 1. The predicted molar refractivity (Wildman–Crippen MR) is 138 cm³/mol. The van der Waals surface area contributed by atoms with E-state index in [1.54, 1.807) is 24.3 Å². The van der Waals surface area contributed by atoms with E-state index in [-0.39, 0.29) is 35.3 Å². The van der Waals surface area contributed by atoms with Crippen LogP contribution in [0.5, 0.6) is 11.5 Å². The topological polar surface area (TPSA) is 135 Å². The lowest BCUT2D eigenvalue weighted by atomic mass is 10.0. The second-order valence-corrected chi connectivity index (χ2v) is 8.62. The van der Waals surface area contributed by atoms with Gasteiger partial charge in [0.1, 0.15) is 28.7 Å². The van der Waals surface area contributed by atoms with E-state index in [4.69, 9.17) is 15.3 Å². The van der Waals surface area contributed by atoms with Crippen molar-refractivity contribution in [2.75, 3.05) is 17.9 Å². The van der Waals surface area contributed by atoms with Crippen molar-refractivity contribution in [1.82, 2.24) is 5.32 Å². The SMILES string of the molecule is C/C(O)=C/C(=N)NCCCOC(=O)c1ccc(NSc2cccc(-c3cc(F)ccc3O)c2)cc1O. The number of aliphatic hydroxyl groups is 1. The summed E-state index contributed by atoms with van der Waals surface area (Å²) in [6.45, 7) is 1.93. The van der Waals surface area contributed by atoms with Crippen molar-refractivity contribution in [3.63, 3.8) is 0 Å². The molecule has 0 aliphatic heterocycles. The number of allylic oxidation sites excluding steroid dienone is 1. The van der Waals surface area contributed by atoms with E-state index in [0.29, 0.717) is 29.8 Å². The number of nitrogens with one attached hydrogen (secondary N) is 3. The van der Waals surface area contributed by atoms with Gasteiger partial charge in [0, 0.05) is 34.8 Å². The first kappa shape index (κ1) is 26.4. The number of rotatable bonds is 10. The summed E-state index contributed by atoms with van der Waals surface area (Å²) in [4.78, 5) is 13.0. The number of aromatic hydroxyl groups is 2. The van der Waals surface area contributed by atoms with Crippen LogP contribution in [0.2, 0.25) is 0 Å². The van der Waals surface area contributed by atoms with Gasteiger partial charge in [-0.1, -0.05) is 12.1 Å². The number of hydrogen-bond acceptors (Lipinski definition) is 8. The third-order valence-electron chi connectivity index (χ3n) is 4.83. The van der Waals surface area contributed by atoms with Gasteiger partial charge in [0.25, 0.3) is 0 Å². The number of benzene rings is 3. The minimum absolute atomic E-state index is 0.0171. The van der Waals surface area contributed by atoms with Gasteiger partial charge < -0.3 is 30.1 Å². The quantitative estimate of drug-likeness (QED) is 0.0517. The maximum absolute atomic E-state index is 13.6. The molecule has 0 saturated carbocycles. The molecule has 0 unspecified atom stereocenters. The Bertz CT molecular complexity index is 1280. The van der Waals surface area contributed by atoms with Gasteiger partial charge in [0.15, 0.2) is 0 Å². The van der Waals surface area contributed by atoms with E-state index < -0.39 is 11.8 Å². The Hall–Kier alpha value is -4.18. The number of phenolic OH excluding ortho intramolecular Hbond substituents is 2. The second-order valence-electron chi connectivity index (χ2n) is 7.74. The first-order chi connectivity index (χ1) is 17.2. The fourth-order valence-electron chi connectivity index (χ4n) is 3.15. The van der Waals surface area contributed by atoms with Crippen molar-refractivity contribution in [3.05, 3.63) is 83.9 Å². The summed E-state index contributed by atoms with van der Waals surface area (Å²) in [5.74, 6) is -1.32. The van der Waals surface area contributed by atoms with Crippen LogP contribution in [0.1, 0.15) is 23.7 Å². The maximum atomic E-state index is 13.6. The normalized spacial score (nSPS) is 11.1. The fraction of sp³-hybridized carbons (Fsp3) is 0.154. The molecule has 188 valence electrons. The molecule has 3 aromatic rings. The van der Waals surface area contributed by atoms with Crippen molar-refractivity contribution >= 4 is 29.4 Å². The van der Waals surface area contributed by atoms with Crippen molar-refractivity contribution in [3.8, 4) is 22.6 Å². The molecule has 0 heterocycles. The minimum atomic E-state index is -0.671. The number of ether oxygens (including phenoxy) is 1. The summed E-state index contributed by atoms with van der Waals surface area (Å²) in [5, 5.41) is 39.7. The van der Waals surface area contributed by atoms with Crippen molar-refractivity contribution < 1.29 is 29.2 Å². The summed E-state index contributed by atoms with van der Waals surface area (Å²) >= 11 is 1.24. The van der Waals surface area contributed by atoms with Gasteiger partial charge in [-0.2, -0.15) is 0 Å². The molecule has 8 nitrogen and oxygen atoms in total. The number of halogens is 1. The molecule has 3 rings (SSSR count). The monoisotopic (exact) mass is 511 g/mol. The number of amidine groups is 1. The van der Waals surface area contributed by atoms with Crippen LogP contribution in [-0.4, -0.2) is 40.3 Å². The smallest absolute Gasteiger partial charge is 0.341 e. The summed E-state index contributed by atoms with van der Waals surface area (Å²) in [5.41, 5.74) is 1.59. The zero-order valence-corrected chi connectivity index (χ0v) is 20.2. The van der Waals surface area contributed by atoms with E-state index in [1.165, 1.54) is 55.3 Å². The Kier molecular flexibility index (Phi) is 9.18. The third kappa shape index (κ3) is 7.67. The van der Waals surface area contributed by atoms with Gasteiger partial charge >= 0.3 is 5.97 Å². The molecule has 10 heteroatoms. The Morgan fingerprint density at radius 2 is 1.92 bits per heavy atom. The largest absolute Gasteiger partial charge is 0.512 e. The number of hydrogen-bond donors (Lipinski definition) is 6. The standard InChI is InChI=1S/C26H26FN3O5S/c1-16(31)12-25(28)29-10-3-11-35-26(34)21-8-7-19(15-24(21)33)30-36-20-5-2-4-17(13-20)22-14-18(27)6-9-23(22)32/h2,4-9,12-15,30-33H,3,10-11H2,1H3,(H2,28,29)/b16-12-. The van der Waals surface area contributed by atoms with E-state index >= 15 is 0 Å². The minimum Gasteiger partial charge on any atom is -0.512 e.